The average molecular weight is 283 g/mol. The molecule has 1 aliphatic carbocycles. The number of para-hydroxylation sites is 1. The molecule has 0 saturated carbocycles. The van der Waals surface area contributed by atoms with Crippen LogP contribution in [0.2, 0.25) is 0 Å². The number of nitrogens with one attached hydrogen (secondary N) is 1. The first kappa shape index (κ1) is 12.8. The van der Waals surface area contributed by atoms with Crippen LogP contribution >= 0.6 is 0 Å². The number of hydrogen-bond donors (Lipinski definition) is 1. The van der Waals surface area contributed by atoms with Crippen molar-refractivity contribution < 1.29 is 9.13 Å². The van der Waals surface area contributed by atoms with Gasteiger partial charge in [0, 0.05) is 24.1 Å². The maximum absolute atomic E-state index is 13.3. The van der Waals surface area contributed by atoms with Crippen LogP contribution in [0.3, 0.4) is 0 Å². The van der Waals surface area contributed by atoms with E-state index < -0.39 is 0 Å². The van der Waals surface area contributed by atoms with Crippen LogP contribution in [0.25, 0.3) is 0 Å². The maximum atomic E-state index is 13.3. The van der Waals surface area contributed by atoms with Crippen LogP contribution in [-0.2, 0) is 6.42 Å². The van der Waals surface area contributed by atoms with Crippen molar-refractivity contribution in [2.45, 2.75) is 31.3 Å². The van der Waals surface area contributed by atoms with Gasteiger partial charge in [-0.05, 0) is 42.2 Å². The van der Waals surface area contributed by atoms with Gasteiger partial charge in [-0.2, -0.15) is 0 Å². The summed E-state index contributed by atoms with van der Waals surface area (Å²) >= 11 is 0. The minimum atomic E-state index is -0.134. The molecule has 2 aromatic rings. The predicted molar refractivity (Wildman–Crippen MR) is 79.9 cm³/mol. The SMILES string of the molecule is Fc1ccc2c(c1)CCC2NC1CCOc2ccccc21. The summed E-state index contributed by atoms with van der Waals surface area (Å²) in [4.78, 5) is 0. The number of fused-ring (bicyclic) bond motifs is 2. The molecular formula is C18H18FNO. The molecule has 0 fully saturated rings. The summed E-state index contributed by atoms with van der Waals surface area (Å²) in [5, 5.41) is 3.75. The highest BCUT2D eigenvalue weighted by molar-refractivity contribution is 5.39. The maximum Gasteiger partial charge on any atom is 0.124 e. The van der Waals surface area contributed by atoms with Crippen LogP contribution in [0, 0.1) is 5.82 Å². The lowest BCUT2D eigenvalue weighted by atomic mass is 9.98. The van der Waals surface area contributed by atoms with Gasteiger partial charge in [0.15, 0.2) is 0 Å². The van der Waals surface area contributed by atoms with Gasteiger partial charge in [0.25, 0.3) is 0 Å². The molecule has 21 heavy (non-hydrogen) atoms. The van der Waals surface area contributed by atoms with Gasteiger partial charge >= 0.3 is 0 Å². The first-order valence-electron chi connectivity index (χ1n) is 7.57. The van der Waals surface area contributed by atoms with Gasteiger partial charge in [-0.15, -0.1) is 0 Å². The third kappa shape index (κ3) is 2.32. The van der Waals surface area contributed by atoms with Gasteiger partial charge in [-0.25, -0.2) is 4.39 Å². The van der Waals surface area contributed by atoms with Gasteiger partial charge in [0.1, 0.15) is 11.6 Å². The van der Waals surface area contributed by atoms with Gasteiger partial charge in [0.05, 0.1) is 6.61 Å². The Morgan fingerprint density at radius 3 is 2.81 bits per heavy atom. The summed E-state index contributed by atoms with van der Waals surface area (Å²) < 4.78 is 19.0. The molecule has 3 heteroatoms. The Hall–Kier alpha value is -1.87. The standard InChI is InChI=1S/C18H18FNO/c19-13-6-7-14-12(11-13)5-8-16(14)20-17-9-10-21-18-4-2-1-3-15(17)18/h1-4,6-7,11,16-17,20H,5,8-10H2. The highest BCUT2D eigenvalue weighted by Crippen LogP contribution is 2.37. The first-order chi connectivity index (χ1) is 10.3. The summed E-state index contributed by atoms with van der Waals surface area (Å²) in [6, 6.07) is 14.0. The fourth-order valence-corrected chi connectivity index (χ4v) is 3.52. The number of halogens is 1. The molecule has 0 amide bonds. The van der Waals surface area contributed by atoms with Crippen molar-refractivity contribution in [3.05, 3.63) is 65.0 Å². The predicted octanol–water partition coefficient (Wildman–Crippen LogP) is 3.93. The van der Waals surface area contributed by atoms with E-state index in [0.29, 0.717) is 12.1 Å². The molecule has 1 N–H and O–H groups in total. The van der Waals surface area contributed by atoms with E-state index in [1.54, 1.807) is 12.1 Å². The molecule has 0 spiro atoms. The Bertz CT molecular complexity index is 670. The third-order valence-electron chi connectivity index (χ3n) is 4.54. The van der Waals surface area contributed by atoms with E-state index in [0.717, 1.165) is 37.2 Å². The second-order valence-electron chi connectivity index (χ2n) is 5.83. The molecule has 2 aromatic carbocycles. The summed E-state index contributed by atoms with van der Waals surface area (Å²) in [6.07, 6.45) is 2.97. The van der Waals surface area contributed by atoms with Crippen molar-refractivity contribution in [2.24, 2.45) is 0 Å². The van der Waals surface area contributed by atoms with Crippen LogP contribution in [0.1, 0.15) is 41.6 Å². The second-order valence-corrected chi connectivity index (χ2v) is 5.83. The topological polar surface area (TPSA) is 21.3 Å². The van der Waals surface area contributed by atoms with E-state index in [9.17, 15) is 4.39 Å². The van der Waals surface area contributed by atoms with Gasteiger partial charge in [0.2, 0.25) is 0 Å². The summed E-state index contributed by atoms with van der Waals surface area (Å²) in [5.41, 5.74) is 3.63. The van der Waals surface area contributed by atoms with Crippen LogP contribution < -0.4 is 10.1 Å². The van der Waals surface area contributed by atoms with E-state index in [2.05, 4.69) is 17.4 Å². The lowest BCUT2D eigenvalue weighted by molar-refractivity contribution is 0.244. The number of ether oxygens (including phenoxy) is 1. The Balaban J connectivity index is 1.59. The smallest absolute Gasteiger partial charge is 0.124 e. The fourth-order valence-electron chi connectivity index (χ4n) is 3.52. The molecular weight excluding hydrogens is 265 g/mol. The van der Waals surface area contributed by atoms with E-state index in [1.807, 2.05) is 18.2 Å². The average Bonchev–Trinajstić information content (AvgIpc) is 2.90. The molecule has 108 valence electrons. The quantitative estimate of drug-likeness (QED) is 0.901. The number of aryl methyl sites for hydroxylation is 1. The number of rotatable bonds is 2. The summed E-state index contributed by atoms with van der Waals surface area (Å²) in [6.45, 7) is 0.748. The molecule has 2 aliphatic rings. The molecule has 2 unspecified atom stereocenters. The zero-order valence-electron chi connectivity index (χ0n) is 11.8. The Morgan fingerprint density at radius 2 is 1.86 bits per heavy atom. The normalized spacial score (nSPS) is 23.3. The Kier molecular flexibility index (Phi) is 3.15. The largest absolute Gasteiger partial charge is 0.493 e. The molecule has 0 bridgehead atoms. The highest BCUT2D eigenvalue weighted by atomic mass is 19.1. The molecule has 0 saturated heterocycles. The van der Waals surface area contributed by atoms with Crippen molar-refractivity contribution in [1.82, 2.24) is 5.32 Å². The van der Waals surface area contributed by atoms with Crippen LogP contribution in [-0.4, -0.2) is 6.61 Å². The van der Waals surface area contributed by atoms with Crippen LogP contribution in [0.5, 0.6) is 5.75 Å². The lowest BCUT2D eigenvalue weighted by Crippen LogP contribution is -2.29. The zero-order chi connectivity index (χ0) is 14.2. The Labute approximate surface area is 123 Å². The zero-order valence-corrected chi connectivity index (χ0v) is 11.8. The molecule has 0 aromatic heterocycles. The van der Waals surface area contributed by atoms with E-state index in [1.165, 1.54) is 11.1 Å². The second kappa shape index (κ2) is 5.15. The molecule has 2 atom stereocenters. The molecule has 2 nitrogen and oxygen atoms in total. The number of hydrogen-bond acceptors (Lipinski definition) is 2. The number of benzene rings is 2. The molecule has 1 aliphatic heterocycles. The van der Waals surface area contributed by atoms with Gasteiger partial charge < -0.3 is 10.1 Å². The minimum Gasteiger partial charge on any atom is -0.493 e. The van der Waals surface area contributed by atoms with E-state index in [4.69, 9.17) is 4.74 Å². The van der Waals surface area contributed by atoms with Crippen molar-refractivity contribution in [3.63, 3.8) is 0 Å². The van der Waals surface area contributed by atoms with E-state index in [-0.39, 0.29) is 5.82 Å². The van der Waals surface area contributed by atoms with Crippen molar-refractivity contribution in [1.29, 1.82) is 0 Å². The fraction of sp³-hybridized carbons (Fsp3) is 0.333. The van der Waals surface area contributed by atoms with E-state index >= 15 is 0 Å². The van der Waals surface area contributed by atoms with Gasteiger partial charge in [-0.1, -0.05) is 24.3 Å². The molecule has 1 heterocycles. The highest BCUT2D eigenvalue weighted by Gasteiger charge is 2.28. The van der Waals surface area contributed by atoms with Crippen LogP contribution in [0.4, 0.5) is 4.39 Å². The monoisotopic (exact) mass is 283 g/mol. The molecule has 4 rings (SSSR count). The third-order valence-corrected chi connectivity index (χ3v) is 4.54. The lowest BCUT2D eigenvalue weighted by Gasteiger charge is -2.29. The van der Waals surface area contributed by atoms with Gasteiger partial charge in [-0.3, -0.25) is 0 Å². The summed E-state index contributed by atoms with van der Waals surface area (Å²) in [7, 11) is 0. The summed E-state index contributed by atoms with van der Waals surface area (Å²) in [5.74, 6) is 0.851. The Morgan fingerprint density at radius 1 is 1.00 bits per heavy atom. The first-order valence-corrected chi connectivity index (χ1v) is 7.57. The minimum absolute atomic E-state index is 0.134. The molecule has 0 radical (unpaired) electrons. The van der Waals surface area contributed by atoms with Crippen LogP contribution in [0.15, 0.2) is 42.5 Å². The van der Waals surface area contributed by atoms with Crippen molar-refractivity contribution in [2.75, 3.05) is 6.61 Å². The van der Waals surface area contributed by atoms with Crippen molar-refractivity contribution in [3.8, 4) is 5.75 Å². The van der Waals surface area contributed by atoms with Crippen molar-refractivity contribution >= 4 is 0 Å².